The minimum Gasteiger partial charge on any atom is -0.369 e. The number of amides is 2. The Morgan fingerprint density at radius 3 is 2.78 bits per heavy atom. The number of aromatic amines is 1. The number of rotatable bonds is 6. The quantitative estimate of drug-likeness (QED) is 0.465. The van der Waals surface area contributed by atoms with Crippen molar-refractivity contribution in [2.75, 3.05) is 26.2 Å². The average molecular weight is 510 g/mol. The zero-order valence-corrected chi connectivity index (χ0v) is 21.5. The lowest BCUT2D eigenvalue weighted by atomic mass is 9.85. The van der Waals surface area contributed by atoms with Crippen molar-refractivity contribution in [3.8, 4) is 11.3 Å². The lowest BCUT2D eigenvalue weighted by Crippen LogP contribution is -2.55. The number of likely N-dealkylation sites (tertiary alicyclic amines) is 1. The van der Waals surface area contributed by atoms with Crippen LogP contribution in [-0.4, -0.2) is 85.2 Å². The molecule has 0 saturated carbocycles. The van der Waals surface area contributed by atoms with Gasteiger partial charge in [0.25, 0.3) is 5.91 Å². The fraction of sp³-hybridized carbons (Fsp3) is 0.520. The van der Waals surface area contributed by atoms with E-state index in [-0.39, 0.29) is 31.0 Å². The third-order valence-corrected chi connectivity index (χ3v) is 6.90. The molecular weight excluding hydrogens is 477 g/mol. The maximum atomic E-state index is 15.6. The molecule has 0 bridgehead atoms. The number of hydrogen-bond donors (Lipinski definition) is 3. The van der Waals surface area contributed by atoms with Crippen molar-refractivity contribution in [2.45, 2.75) is 52.4 Å². The van der Waals surface area contributed by atoms with Crippen LogP contribution in [0.2, 0.25) is 0 Å². The van der Waals surface area contributed by atoms with E-state index in [2.05, 4.69) is 35.7 Å². The molecule has 2 amide bonds. The highest BCUT2D eigenvalue weighted by Crippen LogP contribution is 2.31. The monoisotopic (exact) mass is 509 g/mol. The number of aliphatic imine (C=N–C) groups is 1. The molecule has 5 rings (SSSR count). The van der Waals surface area contributed by atoms with E-state index in [1.54, 1.807) is 17.1 Å². The van der Waals surface area contributed by atoms with Crippen molar-refractivity contribution in [3.05, 3.63) is 30.4 Å². The molecule has 3 aromatic heterocycles. The number of amidine groups is 1. The van der Waals surface area contributed by atoms with Crippen LogP contribution < -0.4 is 10.6 Å². The summed E-state index contributed by atoms with van der Waals surface area (Å²) in [6.45, 7) is 9.63. The summed E-state index contributed by atoms with van der Waals surface area (Å²) in [5, 5.41) is 10.2. The van der Waals surface area contributed by atoms with Crippen molar-refractivity contribution in [2.24, 2.45) is 10.4 Å². The Bertz CT molecular complexity index is 1370. The summed E-state index contributed by atoms with van der Waals surface area (Å²) in [6.07, 6.45) is 6.90. The predicted octanol–water partition coefficient (Wildman–Crippen LogP) is 1.93. The molecule has 0 spiro atoms. The molecule has 37 heavy (non-hydrogen) atoms. The maximum Gasteiger partial charge on any atom is 0.255 e. The lowest BCUT2D eigenvalue weighted by Gasteiger charge is -2.33. The van der Waals surface area contributed by atoms with E-state index in [0.717, 1.165) is 12.1 Å². The predicted molar refractivity (Wildman–Crippen MR) is 137 cm³/mol. The van der Waals surface area contributed by atoms with Gasteiger partial charge in [0.2, 0.25) is 5.91 Å². The first-order valence-corrected chi connectivity index (χ1v) is 12.5. The summed E-state index contributed by atoms with van der Waals surface area (Å²) >= 11 is 0. The number of aryl methyl sites for hydroxylation is 1. The molecule has 1 saturated heterocycles. The number of alkyl halides is 1. The van der Waals surface area contributed by atoms with Gasteiger partial charge in [-0.2, -0.15) is 5.10 Å². The molecular formula is C25H32FN9O2. The van der Waals surface area contributed by atoms with E-state index in [1.807, 2.05) is 33.9 Å². The van der Waals surface area contributed by atoms with Crippen LogP contribution in [-0.2, 0) is 11.3 Å². The molecule has 2 aliphatic heterocycles. The van der Waals surface area contributed by atoms with Crippen LogP contribution in [0.25, 0.3) is 22.4 Å². The topological polar surface area (TPSA) is 133 Å². The largest absolute Gasteiger partial charge is 0.369 e. The number of carbonyl (C=O) groups excluding carboxylic acids is 2. The molecule has 5 heterocycles. The summed E-state index contributed by atoms with van der Waals surface area (Å²) in [7, 11) is 0. The fourth-order valence-electron chi connectivity index (χ4n) is 4.76. The van der Waals surface area contributed by atoms with Crippen molar-refractivity contribution in [1.82, 2.24) is 40.3 Å². The molecule has 2 atom stereocenters. The molecule has 196 valence electrons. The van der Waals surface area contributed by atoms with Gasteiger partial charge in [0, 0.05) is 44.0 Å². The first kappa shape index (κ1) is 24.8. The Hall–Kier alpha value is -3.83. The Balaban J connectivity index is 1.37. The van der Waals surface area contributed by atoms with Gasteiger partial charge >= 0.3 is 0 Å². The molecule has 3 aromatic rings. The number of halogens is 1. The smallest absolute Gasteiger partial charge is 0.255 e. The first-order chi connectivity index (χ1) is 17.6. The summed E-state index contributed by atoms with van der Waals surface area (Å²) in [6, 6.07) is -0.871. The van der Waals surface area contributed by atoms with Gasteiger partial charge in [0.1, 0.15) is 17.4 Å². The van der Waals surface area contributed by atoms with Crippen LogP contribution in [0.1, 0.15) is 44.5 Å². The fourth-order valence-corrected chi connectivity index (χ4v) is 4.76. The number of fused-ring (bicyclic) bond motifs is 1. The highest BCUT2D eigenvalue weighted by atomic mass is 19.1. The summed E-state index contributed by atoms with van der Waals surface area (Å²) in [5.74, 6) is -0.461. The number of hydrogen-bond acceptors (Lipinski definition) is 7. The van der Waals surface area contributed by atoms with Gasteiger partial charge in [-0.15, -0.1) is 0 Å². The molecule has 2 aliphatic rings. The highest BCUT2D eigenvalue weighted by Gasteiger charge is 2.48. The summed E-state index contributed by atoms with van der Waals surface area (Å²) in [5.41, 5.74) is 0.207. The van der Waals surface area contributed by atoms with Gasteiger partial charge in [0.15, 0.2) is 11.3 Å². The summed E-state index contributed by atoms with van der Waals surface area (Å²) in [4.78, 5) is 44.8. The van der Waals surface area contributed by atoms with Gasteiger partial charge in [0.05, 0.1) is 36.7 Å². The Morgan fingerprint density at radius 1 is 1.30 bits per heavy atom. The van der Waals surface area contributed by atoms with Crippen LogP contribution in [0.4, 0.5) is 4.39 Å². The molecule has 0 aliphatic carbocycles. The summed E-state index contributed by atoms with van der Waals surface area (Å²) < 4.78 is 17.3. The Morgan fingerprint density at radius 2 is 2.11 bits per heavy atom. The van der Waals surface area contributed by atoms with Crippen molar-refractivity contribution < 1.29 is 14.0 Å². The standard InChI is InChI=1S/C25H32FN9O2/c1-5-35-13-15(10-31-35)17-12-30-20-18(32-17)16(11-29-20)21(36)33-19(24(2,3)4)22(37)34-9-6-25(26,14-34)23-27-7-8-28-23/h10-13,19H,5-9,14H2,1-4H3,(H,27,28)(H,29,30)(H,33,36)/t19-,25?/m0/s1. The third kappa shape index (κ3) is 4.67. The average Bonchev–Trinajstić information content (AvgIpc) is 3.66. The van der Waals surface area contributed by atoms with E-state index >= 15 is 4.39 Å². The van der Waals surface area contributed by atoms with E-state index in [9.17, 15) is 9.59 Å². The molecule has 0 radical (unpaired) electrons. The molecule has 11 nitrogen and oxygen atoms in total. The molecule has 3 N–H and O–H groups in total. The van der Waals surface area contributed by atoms with Crippen LogP contribution in [0.3, 0.4) is 0 Å². The van der Waals surface area contributed by atoms with Gasteiger partial charge < -0.3 is 20.5 Å². The lowest BCUT2D eigenvalue weighted by molar-refractivity contribution is -0.135. The van der Waals surface area contributed by atoms with E-state index in [4.69, 9.17) is 0 Å². The van der Waals surface area contributed by atoms with Crippen LogP contribution >= 0.6 is 0 Å². The van der Waals surface area contributed by atoms with Crippen molar-refractivity contribution in [1.29, 1.82) is 0 Å². The number of nitrogens with zero attached hydrogens (tertiary/aromatic N) is 6. The number of aromatic nitrogens is 5. The van der Waals surface area contributed by atoms with Crippen molar-refractivity contribution >= 4 is 28.8 Å². The first-order valence-electron chi connectivity index (χ1n) is 12.5. The second-order valence-corrected chi connectivity index (χ2v) is 10.6. The van der Waals surface area contributed by atoms with Crippen molar-refractivity contribution in [3.63, 3.8) is 0 Å². The van der Waals surface area contributed by atoms with Gasteiger partial charge in [-0.3, -0.25) is 19.3 Å². The van der Waals surface area contributed by atoms with Gasteiger partial charge in [-0.1, -0.05) is 20.8 Å². The number of H-pyrrole nitrogens is 1. The molecule has 0 aromatic carbocycles. The maximum absolute atomic E-state index is 15.6. The van der Waals surface area contributed by atoms with E-state index in [1.165, 1.54) is 11.1 Å². The Labute approximate surface area is 213 Å². The minimum absolute atomic E-state index is 0.0898. The van der Waals surface area contributed by atoms with Crippen LogP contribution in [0.5, 0.6) is 0 Å². The van der Waals surface area contributed by atoms with Gasteiger partial charge in [-0.05, 0) is 12.3 Å². The third-order valence-electron chi connectivity index (χ3n) is 6.90. The molecule has 12 heteroatoms. The zero-order valence-electron chi connectivity index (χ0n) is 21.5. The second-order valence-electron chi connectivity index (χ2n) is 10.6. The SMILES string of the molecule is CCn1cc(-c2cnc3[nH]cc(C(=O)N[C@@H](C(=O)N4CCC(F)(C5=NCCN5)C4)C(C)(C)C)c3n2)cn1. The van der Waals surface area contributed by atoms with Crippen LogP contribution in [0, 0.1) is 5.41 Å². The number of nitrogens with one attached hydrogen (secondary N) is 3. The highest BCUT2D eigenvalue weighted by molar-refractivity contribution is 6.06. The molecule has 1 unspecified atom stereocenters. The van der Waals surface area contributed by atoms with Gasteiger partial charge in [-0.25, -0.2) is 14.4 Å². The molecule has 1 fully saturated rings. The normalized spacial score (nSPS) is 20.7. The van der Waals surface area contributed by atoms with E-state index < -0.39 is 23.0 Å². The Kier molecular flexibility index (Phi) is 6.20. The minimum atomic E-state index is -1.69. The second kappa shape index (κ2) is 9.24. The van der Waals surface area contributed by atoms with E-state index in [0.29, 0.717) is 35.8 Å². The van der Waals surface area contributed by atoms with Crippen LogP contribution in [0.15, 0.2) is 29.8 Å². The number of carbonyl (C=O) groups is 2. The zero-order chi connectivity index (χ0) is 26.4.